The van der Waals surface area contributed by atoms with Gasteiger partial charge in [-0.3, -0.25) is 4.79 Å². The second kappa shape index (κ2) is 9.59. The quantitative estimate of drug-likeness (QED) is 0.768. The maximum absolute atomic E-state index is 12.9. The van der Waals surface area contributed by atoms with Crippen LogP contribution in [0.4, 0.5) is 0 Å². The number of carbonyl (C=O) groups is 2. The predicted octanol–water partition coefficient (Wildman–Crippen LogP) is 4.05. The van der Waals surface area contributed by atoms with E-state index < -0.39 is 5.97 Å². The number of amides is 1. The van der Waals surface area contributed by atoms with Gasteiger partial charge in [-0.2, -0.15) is 0 Å². The molecule has 1 aliphatic heterocycles. The molecule has 1 unspecified atom stereocenters. The molecular formula is C24H29NO4. The van der Waals surface area contributed by atoms with Crippen molar-refractivity contribution in [2.45, 2.75) is 32.6 Å². The fourth-order valence-corrected chi connectivity index (χ4v) is 4.09. The minimum atomic E-state index is -0.874. The van der Waals surface area contributed by atoms with Crippen molar-refractivity contribution >= 4 is 11.9 Å². The smallest absolute Gasteiger partial charge is 0.335 e. The summed E-state index contributed by atoms with van der Waals surface area (Å²) < 4.78 is 5.18. The van der Waals surface area contributed by atoms with Crippen LogP contribution in [0.1, 0.15) is 41.3 Å². The lowest BCUT2D eigenvalue weighted by Gasteiger charge is -2.34. The van der Waals surface area contributed by atoms with Crippen molar-refractivity contribution in [2.75, 3.05) is 20.2 Å². The third-order valence-corrected chi connectivity index (χ3v) is 5.81. The Bertz CT molecular complexity index is 838. The molecule has 2 aromatic carbocycles. The summed E-state index contributed by atoms with van der Waals surface area (Å²) >= 11 is 0. The third kappa shape index (κ3) is 5.37. The Balaban J connectivity index is 1.52. The van der Waals surface area contributed by atoms with E-state index in [0.717, 1.165) is 55.6 Å². The van der Waals surface area contributed by atoms with E-state index in [0.29, 0.717) is 11.5 Å². The van der Waals surface area contributed by atoms with E-state index in [1.165, 1.54) is 0 Å². The van der Waals surface area contributed by atoms with Crippen LogP contribution in [-0.2, 0) is 17.6 Å². The molecule has 1 fully saturated rings. The van der Waals surface area contributed by atoms with E-state index in [1.54, 1.807) is 19.2 Å². The number of carboxylic acid groups (broad SMARTS) is 1. The first-order valence-electron chi connectivity index (χ1n) is 10.2. The Labute approximate surface area is 172 Å². The van der Waals surface area contributed by atoms with Crippen molar-refractivity contribution in [3.05, 3.63) is 65.2 Å². The molecule has 29 heavy (non-hydrogen) atoms. The highest BCUT2D eigenvalue weighted by molar-refractivity contribution is 5.89. The van der Waals surface area contributed by atoms with Gasteiger partial charge in [-0.1, -0.05) is 37.3 Å². The third-order valence-electron chi connectivity index (χ3n) is 5.81. The van der Waals surface area contributed by atoms with Gasteiger partial charge in [0.15, 0.2) is 0 Å². The second-order valence-corrected chi connectivity index (χ2v) is 7.89. The summed E-state index contributed by atoms with van der Waals surface area (Å²) in [5.41, 5.74) is 2.41. The highest BCUT2D eigenvalue weighted by Gasteiger charge is 2.27. The monoisotopic (exact) mass is 395 g/mol. The first-order valence-corrected chi connectivity index (χ1v) is 10.2. The van der Waals surface area contributed by atoms with Gasteiger partial charge in [-0.05, 0) is 60.9 Å². The minimum absolute atomic E-state index is 0.0623. The molecule has 5 heteroatoms. The summed E-state index contributed by atoms with van der Waals surface area (Å²) in [7, 11) is 1.64. The molecule has 0 aliphatic carbocycles. The van der Waals surface area contributed by atoms with Gasteiger partial charge in [0.25, 0.3) is 0 Å². The first kappa shape index (κ1) is 20.9. The van der Waals surface area contributed by atoms with Crippen molar-refractivity contribution in [3.63, 3.8) is 0 Å². The molecular weight excluding hydrogens is 366 g/mol. The Hall–Kier alpha value is -2.82. The lowest BCUT2D eigenvalue weighted by Crippen LogP contribution is -2.42. The zero-order valence-electron chi connectivity index (χ0n) is 17.1. The summed E-state index contributed by atoms with van der Waals surface area (Å²) in [5, 5.41) is 9.36. The van der Waals surface area contributed by atoms with Crippen molar-refractivity contribution in [3.8, 4) is 5.75 Å². The molecule has 0 radical (unpaired) electrons. The van der Waals surface area contributed by atoms with Gasteiger partial charge in [0.2, 0.25) is 5.91 Å². The van der Waals surface area contributed by atoms with Crippen molar-refractivity contribution in [2.24, 2.45) is 11.8 Å². The molecule has 0 saturated carbocycles. The van der Waals surface area contributed by atoms with Crippen LogP contribution < -0.4 is 4.74 Å². The van der Waals surface area contributed by atoms with Crippen LogP contribution in [0.2, 0.25) is 0 Å². The topological polar surface area (TPSA) is 66.8 Å². The average molecular weight is 395 g/mol. The van der Waals surface area contributed by atoms with Crippen LogP contribution in [0.25, 0.3) is 0 Å². The normalized spacial score (nSPS) is 15.7. The average Bonchev–Trinajstić information content (AvgIpc) is 2.74. The standard InChI is InChI=1S/C24H29NO4/c1-17(15-18-7-9-21(29-2)10-8-18)23(26)25-13-11-19(12-14-25)16-20-5-3-4-6-22(20)24(27)28/h3-10,17,19H,11-16H2,1-2H3,(H,27,28). The highest BCUT2D eigenvalue weighted by Crippen LogP contribution is 2.25. The molecule has 5 nitrogen and oxygen atoms in total. The lowest BCUT2D eigenvalue weighted by atomic mass is 9.88. The Morgan fingerprint density at radius 2 is 1.76 bits per heavy atom. The summed E-state index contributed by atoms with van der Waals surface area (Å²) in [5.74, 6) is 0.495. The van der Waals surface area contributed by atoms with Gasteiger partial charge in [0.05, 0.1) is 12.7 Å². The number of benzene rings is 2. The minimum Gasteiger partial charge on any atom is -0.497 e. The lowest BCUT2D eigenvalue weighted by molar-refractivity contribution is -0.136. The molecule has 1 atom stereocenters. The number of likely N-dealkylation sites (tertiary alicyclic amines) is 1. The van der Waals surface area contributed by atoms with E-state index in [1.807, 2.05) is 48.2 Å². The molecule has 0 aromatic heterocycles. The van der Waals surface area contributed by atoms with Crippen LogP contribution in [0.15, 0.2) is 48.5 Å². The van der Waals surface area contributed by atoms with E-state index in [2.05, 4.69) is 0 Å². The van der Waals surface area contributed by atoms with Gasteiger partial charge in [0, 0.05) is 19.0 Å². The van der Waals surface area contributed by atoms with E-state index in [9.17, 15) is 14.7 Å². The van der Waals surface area contributed by atoms with Gasteiger partial charge in [-0.25, -0.2) is 4.79 Å². The maximum Gasteiger partial charge on any atom is 0.335 e. The number of rotatable bonds is 7. The van der Waals surface area contributed by atoms with Gasteiger partial charge in [0.1, 0.15) is 5.75 Å². The summed E-state index contributed by atoms with van der Waals surface area (Å²) in [6.45, 7) is 3.47. The predicted molar refractivity (Wildman–Crippen MR) is 112 cm³/mol. The summed E-state index contributed by atoms with van der Waals surface area (Å²) in [6, 6.07) is 15.1. The number of carboxylic acids is 1. The molecule has 0 spiro atoms. The van der Waals surface area contributed by atoms with E-state index in [4.69, 9.17) is 4.74 Å². The number of methoxy groups -OCH3 is 1. The van der Waals surface area contributed by atoms with Gasteiger partial charge < -0.3 is 14.7 Å². The van der Waals surface area contributed by atoms with E-state index >= 15 is 0 Å². The van der Waals surface area contributed by atoms with Crippen LogP contribution >= 0.6 is 0 Å². The molecule has 2 aromatic rings. The van der Waals surface area contributed by atoms with Crippen LogP contribution in [0.5, 0.6) is 5.75 Å². The fraction of sp³-hybridized carbons (Fsp3) is 0.417. The maximum atomic E-state index is 12.9. The number of nitrogens with zero attached hydrogens (tertiary/aromatic N) is 1. The largest absolute Gasteiger partial charge is 0.497 e. The summed E-state index contributed by atoms with van der Waals surface area (Å²) in [4.78, 5) is 26.2. The fourth-order valence-electron chi connectivity index (χ4n) is 4.09. The van der Waals surface area contributed by atoms with Crippen molar-refractivity contribution in [1.29, 1.82) is 0 Å². The Morgan fingerprint density at radius 3 is 2.38 bits per heavy atom. The van der Waals surface area contributed by atoms with Crippen molar-refractivity contribution in [1.82, 2.24) is 4.90 Å². The second-order valence-electron chi connectivity index (χ2n) is 7.89. The molecule has 0 bridgehead atoms. The molecule has 1 aliphatic rings. The summed E-state index contributed by atoms with van der Waals surface area (Å²) in [6.07, 6.45) is 3.30. The number of carbonyl (C=O) groups excluding carboxylic acids is 1. The first-order chi connectivity index (χ1) is 14.0. The van der Waals surface area contributed by atoms with Gasteiger partial charge >= 0.3 is 5.97 Å². The number of ether oxygens (including phenoxy) is 1. The Kier molecular flexibility index (Phi) is 6.91. The van der Waals surface area contributed by atoms with Crippen LogP contribution in [0, 0.1) is 11.8 Å². The Morgan fingerprint density at radius 1 is 1.10 bits per heavy atom. The van der Waals surface area contributed by atoms with Crippen LogP contribution in [0.3, 0.4) is 0 Å². The molecule has 1 amide bonds. The zero-order chi connectivity index (χ0) is 20.8. The number of piperidine rings is 1. The number of hydrogen-bond donors (Lipinski definition) is 1. The molecule has 1 heterocycles. The SMILES string of the molecule is COc1ccc(CC(C)C(=O)N2CCC(Cc3ccccc3C(=O)O)CC2)cc1. The molecule has 1 saturated heterocycles. The molecule has 1 N–H and O–H groups in total. The number of aromatic carboxylic acids is 1. The zero-order valence-corrected chi connectivity index (χ0v) is 17.1. The number of hydrogen-bond acceptors (Lipinski definition) is 3. The van der Waals surface area contributed by atoms with E-state index in [-0.39, 0.29) is 11.8 Å². The molecule has 154 valence electrons. The van der Waals surface area contributed by atoms with Crippen molar-refractivity contribution < 1.29 is 19.4 Å². The highest BCUT2D eigenvalue weighted by atomic mass is 16.5. The van der Waals surface area contributed by atoms with Gasteiger partial charge in [-0.15, -0.1) is 0 Å². The molecule has 3 rings (SSSR count). The van der Waals surface area contributed by atoms with Crippen LogP contribution in [-0.4, -0.2) is 42.1 Å².